The molecule has 2 amide bonds. The van der Waals surface area contributed by atoms with Gasteiger partial charge in [-0.15, -0.1) is 0 Å². The Morgan fingerprint density at radius 1 is 0.696 bits per heavy atom. The maximum absolute atomic E-state index is 13.3. The van der Waals surface area contributed by atoms with Crippen LogP contribution < -0.4 is 5.32 Å². The molecular formula is C57H70N8O4. The summed E-state index contributed by atoms with van der Waals surface area (Å²) in [5, 5.41) is 2.94. The summed E-state index contributed by atoms with van der Waals surface area (Å²) < 4.78 is 7.31. The van der Waals surface area contributed by atoms with Crippen molar-refractivity contribution in [3.8, 4) is 50.7 Å². The number of nitrogens with one attached hydrogen (secondary N) is 3. The molecule has 0 radical (unpaired) electrons. The molecule has 3 aliphatic rings. The number of aromatic nitrogens is 5. The summed E-state index contributed by atoms with van der Waals surface area (Å²) in [5.41, 5.74) is 10.4. The fourth-order valence-electron chi connectivity index (χ4n) is 11.1. The molecule has 1 unspecified atom stereocenters. The van der Waals surface area contributed by atoms with Gasteiger partial charge in [0.2, 0.25) is 5.91 Å². The summed E-state index contributed by atoms with van der Waals surface area (Å²) in [5.74, 6) is 2.48. The third-order valence-electron chi connectivity index (χ3n) is 14.7. The van der Waals surface area contributed by atoms with Gasteiger partial charge < -0.3 is 34.3 Å². The Bertz CT molecular complexity index is 2710. The van der Waals surface area contributed by atoms with Crippen molar-refractivity contribution in [2.24, 2.45) is 10.8 Å². The number of likely N-dealkylation sites (tertiary alicyclic amines) is 2. The normalized spacial score (nSPS) is 19.1. The Morgan fingerprint density at radius 3 is 1.77 bits per heavy atom. The number of carbonyl (C=O) groups excluding carboxylic acids is 3. The molecule has 2 aliphatic heterocycles. The number of hydrogen-bond acceptors (Lipinski definition) is 7. The molecule has 3 aromatic heterocycles. The van der Waals surface area contributed by atoms with E-state index in [-0.39, 0.29) is 23.4 Å². The fraction of sp³-hybridized carbons (Fsp3) is 0.456. The zero-order chi connectivity index (χ0) is 48.5. The quantitative estimate of drug-likeness (QED) is 0.0979. The summed E-state index contributed by atoms with van der Waals surface area (Å²) in [6.07, 6.45) is 14.8. The van der Waals surface area contributed by atoms with Gasteiger partial charge in [0, 0.05) is 18.7 Å². The van der Waals surface area contributed by atoms with Crippen LogP contribution in [0.15, 0.2) is 97.3 Å². The van der Waals surface area contributed by atoms with Gasteiger partial charge in [-0.05, 0) is 114 Å². The first kappa shape index (κ1) is 47.8. The Morgan fingerprint density at radius 2 is 1.23 bits per heavy atom. The summed E-state index contributed by atoms with van der Waals surface area (Å²) in [4.78, 5) is 59.5. The lowest BCUT2D eigenvalue weighted by Gasteiger charge is -2.40. The van der Waals surface area contributed by atoms with Gasteiger partial charge in [-0.25, -0.2) is 14.8 Å². The molecule has 3 N–H and O–H groups in total. The van der Waals surface area contributed by atoms with Gasteiger partial charge in [0.05, 0.1) is 66.4 Å². The van der Waals surface area contributed by atoms with E-state index in [4.69, 9.17) is 14.7 Å². The molecule has 0 spiro atoms. The van der Waals surface area contributed by atoms with Crippen LogP contribution in [0.5, 0.6) is 0 Å². The van der Waals surface area contributed by atoms with Crippen molar-refractivity contribution in [1.82, 2.24) is 39.6 Å². The number of amides is 2. The number of hydrogen-bond donors (Lipinski definition) is 3. The summed E-state index contributed by atoms with van der Waals surface area (Å²) in [6.45, 7) is 13.9. The van der Waals surface area contributed by atoms with Crippen LogP contribution in [0.4, 0.5) is 4.79 Å². The van der Waals surface area contributed by atoms with E-state index in [1.807, 2.05) is 38.1 Å². The minimum absolute atomic E-state index is 0.0265. The van der Waals surface area contributed by atoms with Crippen molar-refractivity contribution in [2.45, 2.75) is 136 Å². The zero-order valence-electron chi connectivity index (χ0n) is 41.6. The first-order valence-corrected chi connectivity index (χ1v) is 25.2. The number of carbonyl (C=O) groups is 3. The number of alkyl carbamates (subject to hydrolysis) is 1. The van der Waals surface area contributed by atoms with Gasteiger partial charge >= 0.3 is 6.09 Å². The number of aromatic amines is 2. The highest BCUT2D eigenvalue weighted by atomic mass is 16.5. The van der Waals surface area contributed by atoms with E-state index in [9.17, 15) is 14.4 Å². The first-order valence-electron chi connectivity index (χ1n) is 25.2. The molecule has 6 aromatic rings. The molecule has 1 aliphatic carbocycles. The Labute approximate surface area is 407 Å². The van der Waals surface area contributed by atoms with E-state index >= 15 is 0 Å². The van der Waals surface area contributed by atoms with E-state index in [0.29, 0.717) is 12.3 Å². The molecule has 2 saturated heterocycles. The molecule has 12 heteroatoms. The molecule has 69 heavy (non-hydrogen) atoms. The standard InChI is InChI=1S/C57H70N8O4/c1-56(2,3)33-51(67)64-32-12-16-49(64)54-59-35-45(61-54)40-19-23-42(24-20-40)47-30-29-46(65(47)43-27-25-38(26-28-43)37-13-9-8-10-14-37)41-21-17-39(18-22-41)44-34-58-53(60-44)48-15-11-31-63(48)50(36-66)52(57(4,5)6)62-55(68)69-7/h17-30,34-37,48-50,52H,8-16,31-33H2,1-7H3,(H,58,60)(H,59,61)(H,62,68)/t48-,49-,50?,52+/m0/s1. The molecule has 3 fully saturated rings. The van der Waals surface area contributed by atoms with E-state index in [1.165, 1.54) is 44.8 Å². The second kappa shape index (κ2) is 20.0. The maximum Gasteiger partial charge on any atom is 0.407 e. The monoisotopic (exact) mass is 931 g/mol. The van der Waals surface area contributed by atoms with Crippen LogP contribution in [-0.2, 0) is 14.3 Å². The second-order valence-electron chi connectivity index (χ2n) is 21.9. The van der Waals surface area contributed by atoms with Crippen molar-refractivity contribution >= 4 is 18.3 Å². The SMILES string of the molecule is COC(=O)N[C@H](C(C=O)N1CCC[C@H]1c1ncc(-c2ccc(-c3ccc(-c4ccc(-c5cnc([C@@H]6CCCN6C(=O)CC(C)(C)C)[nH]5)cc4)n3-c3ccc(C4CCCCC4)cc3)cc2)[nH]1)C(C)(C)C. The number of methoxy groups -OCH3 is 1. The van der Waals surface area contributed by atoms with Crippen LogP contribution in [0.25, 0.3) is 50.7 Å². The third-order valence-corrected chi connectivity index (χ3v) is 14.7. The van der Waals surface area contributed by atoms with Gasteiger partial charge in [0.25, 0.3) is 0 Å². The lowest BCUT2D eigenvalue weighted by molar-refractivity contribution is -0.134. The Hall–Kier alpha value is -6.27. The lowest BCUT2D eigenvalue weighted by Crippen LogP contribution is -2.58. The molecule has 5 heterocycles. The average Bonchev–Trinajstić information content (AvgIpc) is 4.21. The summed E-state index contributed by atoms with van der Waals surface area (Å²) in [6, 6.07) is 29.9. The number of ether oxygens (including phenoxy) is 1. The van der Waals surface area contributed by atoms with Gasteiger partial charge in [0.1, 0.15) is 17.9 Å². The number of benzene rings is 3. The highest BCUT2D eigenvalue weighted by Gasteiger charge is 2.42. The van der Waals surface area contributed by atoms with Crippen molar-refractivity contribution in [2.75, 3.05) is 20.2 Å². The predicted octanol–water partition coefficient (Wildman–Crippen LogP) is 12.2. The van der Waals surface area contributed by atoms with Crippen LogP contribution >= 0.6 is 0 Å². The van der Waals surface area contributed by atoms with Crippen LogP contribution in [0.1, 0.15) is 141 Å². The van der Waals surface area contributed by atoms with Crippen LogP contribution in [0.2, 0.25) is 0 Å². The second-order valence-corrected chi connectivity index (χ2v) is 21.9. The van der Waals surface area contributed by atoms with E-state index in [1.54, 1.807) is 0 Å². The Balaban J connectivity index is 0.979. The minimum atomic E-state index is -0.554. The number of aldehydes is 1. The molecule has 9 rings (SSSR count). The Kier molecular flexibility index (Phi) is 13.8. The summed E-state index contributed by atoms with van der Waals surface area (Å²) in [7, 11) is 1.34. The fourth-order valence-corrected chi connectivity index (χ4v) is 11.1. The number of nitrogens with zero attached hydrogens (tertiary/aromatic N) is 5. The van der Waals surface area contributed by atoms with E-state index in [2.05, 4.69) is 130 Å². The smallest absolute Gasteiger partial charge is 0.407 e. The number of H-pyrrole nitrogens is 2. The molecule has 1 saturated carbocycles. The summed E-state index contributed by atoms with van der Waals surface area (Å²) >= 11 is 0. The van der Waals surface area contributed by atoms with Crippen LogP contribution in [0, 0.1) is 10.8 Å². The molecular weight excluding hydrogens is 861 g/mol. The molecule has 4 atom stereocenters. The lowest BCUT2D eigenvalue weighted by atomic mass is 9.81. The van der Waals surface area contributed by atoms with Gasteiger partial charge in [-0.1, -0.05) is 121 Å². The first-order chi connectivity index (χ1) is 33.2. The third kappa shape index (κ3) is 10.4. The van der Waals surface area contributed by atoms with E-state index < -0.39 is 23.6 Å². The predicted molar refractivity (Wildman–Crippen MR) is 273 cm³/mol. The number of imidazole rings is 2. The molecule has 3 aromatic carbocycles. The molecule has 362 valence electrons. The molecule has 0 bridgehead atoms. The topological polar surface area (TPSA) is 141 Å². The largest absolute Gasteiger partial charge is 0.453 e. The van der Waals surface area contributed by atoms with E-state index in [0.717, 1.165) is 107 Å². The minimum Gasteiger partial charge on any atom is -0.453 e. The van der Waals surface area contributed by atoms with Gasteiger partial charge in [0.15, 0.2) is 0 Å². The van der Waals surface area contributed by atoms with Crippen LogP contribution in [0.3, 0.4) is 0 Å². The van der Waals surface area contributed by atoms with Crippen molar-refractivity contribution in [1.29, 1.82) is 0 Å². The highest BCUT2D eigenvalue weighted by Crippen LogP contribution is 2.40. The van der Waals surface area contributed by atoms with Gasteiger partial charge in [-0.3, -0.25) is 9.69 Å². The van der Waals surface area contributed by atoms with Crippen molar-refractivity contribution in [3.63, 3.8) is 0 Å². The van der Waals surface area contributed by atoms with Gasteiger partial charge in [-0.2, -0.15) is 0 Å². The highest BCUT2D eigenvalue weighted by molar-refractivity contribution is 5.78. The number of rotatable bonds is 13. The average molecular weight is 931 g/mol. The van der Waals surface area contributed by atoms with Crippen LogP contribution in [-0.4, -0.2) is 84.9 Å². The molecule has 12 nitrogen and oxygen atoms in total. The van der Waals surface area contributed by atoms with Crippen molar-refractivity contribution in [3.05, 3.63) is 115 Å². The van der Waals surface area contributed by atoms with Crippen molar-refractivity contribution < 1.29 is 19.1 Å². The maximum atomic E-state index is 13.3. The zero-order valence-corrected chi connectivity index (χ0v) is 41.6.